The molecule has 0 unspecified atom stereocenters. The summed E-state index contributed by atoms with van der Waals surface area (Å²) in [5.41, 5.74) is 3.86. The predicted molar refractivity (Wildman–Crippen MR) is 111 cm³/mol. The van der Waals surface area contributed by atoms with E-state index in [9.17, 15) is 4.79 Å². The lowest BCUT2D eigenvalue weighted by molar-refractivity contribution is 0.855. The van der Waals surface area contributed by atoms with Crippen molar-refractivity contribution in [3.05, 3.63) is 87.6 Å². The Morgan fingerprint density at radius 2 is 2.04 bits per heavy atom. The van der Waals surface area contributed by atoms with Gasteiger partial charge in [0, 0.05) is 24.2 Å². The minimum Gasteiger partial charge on any atom is -0.267 e. The van der Waals surface area contributed by atoms with Crippen molar-refractivity contribution >= 4 is 40.2 Å². The molecule has 0 atom stereocenters. The second-order valence-corrected chi connectivity index (χ2v) is 8.15. The van der Waals surface area contributed by atoms with E-state index in [0.29, 0.717) is 10.7 Å². The Kier molecular flexibility index (Phi) is 5.13. The zero-order chi connectivity index (χ0) is 18.6. The van der Waals surface area contributed by atoms with Crippen LogP contribution in [0.15, 0.2) is 64.0 Å². The summed E-state index contributed by atoms with van der Waals surface area (Å²) >= 11 is 3.04. The maximum atomic E-state index is 12.3. The third kappa shape index (κ3) is 4.32. The SMILES string of the molecule is Cc1ccc(CSc2nn3c(=O)cc(/C=C/c4cccnc4)nc3s2)cc1. The third-order valence-corrected chi connectivity index (χ3v) is 5.97. The molecule has 0 aliphatic carbocycles. The molecule has 0 aliphatic rings. The van der Waals surface area contributed by atoms with Crippen molar-refractivity contribution in [1.29, 1.82) is 0 Å². The first-order valence-electron chi connectivity index (χ1n) is 8.35. The molecule has 3 aromatic heterocycles. The zero-order valence-corrected chi connectivity index (χ0v) is 16.2. The van der Waals surface area contributed by atoms with Crippen LogP contribution in [0, 0.1) is 6.92 Å². The molecular weight excluding hydrogens is 376 g/mol. The van der Waals surface area contributed by atoms with Crippen LogP contribution in [0.3, 0.4) is 0 Å². The maximum absolute atomic E-state index is 12.3. The molecule has 0 bridgehead atoms. The summed E-state index contributed by atoms with van der Waals surface area (Å²) in [5, 5.41) is 4.39. The van der Waals surface area contributed by atoms with Crippen LogP contribution >= 0.6 is 23.1 Å². The zero-order valence-electron chi connectivity index (χ0n) is 14.6. The topological polar surface area (TPSA) is 60.2 Å². The highest BCUT2D eigenvalue weighted by atomic mass is 32.2. The van der Waals surface area contributed by atoms with Gasteiger partial charge in [-0.1, -0.05) is 65.1 Å². The van der Waals surface area contributed by atoms with Crippen molar-refractivity contribution in [2.45, 2.75) is 17.0 Å². The number of rotatable bonds is 5. The molecule has 1 aromatic carbocycles. The van der Waals surface area contributed by atoms with Crippen molar-refractivity contribution < 1.29 is 0 Å². The normalized spacial score (nSPS) is 11.4. The molecule has 0 spiro atoms. The molecule has 7 heteroatoms. The van der Waals surface area contributed by atoms with E-state index in [2.05, 4.69) is 46.3 Å². The van der Waals surface area contributed by atoms with Gasteiger partial charge in [-0.3, -0.25) is 9.78 Å². The molecule has 0 saturated heterocycles. The summed E-state index contributed by atoms with van der Waals surface area (Å²) in [6, 6.07) is 13.7. The van der Waals surface area contributed by atoms with Crippen LogP contribution in [0.25, 0.3) is 17.1 Å². The van der Waals surface area contributed by atoms with Crippen LogP contribution in [0.1, 0.15) is 22.4 Å². The molecule has 5 nitrogen and oxygen atoms in total. The van der Waals surface area contributed by atoms with Crippen molar-refractivity contribution in [3.63, 3.8) is 0 Å². The maximum Gasteiger partial charge on any atom is 0.275 e. The molecule has 0 amide bonds. The lowest BCUT2D eigenvalue weighted by atomic mass is 10.2. The van der Waals surface area contributed by atoms with E-state index >= 15 is 0 Å². The lowest BCUT2D eigenvalue weighted by Gasteiger charge is -1.98. The smallest absolute Gasteiger partial charge is 0.267 e. The number of hydrogen-bond donors (Lipinski definition) is 0. The Balaban J connectivity index is 1.55. The van der Waals surface area contributed by atoms with Crippen LogP contribution in [-0.2, 0) is 5.75 Å². The first-order valence-corrected chi connectivity index (χ1v) is 10.1. The van der Waals surface area contributed by atoms with E-state index in [1.807, 2.05) is 24.3 Å². The minimum absolute atomic E-state index is 0.177. The summed E-state index contributed by atoms with van der Waals surface area (Å²) in [5.74, 6) is 0.808. The van der Waals surface area contributed by atoms with Gasteiger partial charge >= 0.3 is 0 Å². The van der Waals surface area contributed by atoms with Crippen LogP contribution in [0.4, 0.5) is 0 Å². The Morgan fingerprint density at radius 3 is 2.81 bits per heavy atom. The molecule has 0 N–H and O–H groups in total. The highest BCUT2D eigenvalue weighted by Crippen LogP contribution is 2.26. The Labute approximate surface area is 164 Å². The van der Waals surface area contributed by atoms with Crippen LogP contribution in [-0.4, -0.2) is 19.6 Å². The largest absolute Gasteiger partial charge is 0.275 e. The first kappa shape index (κ1) is 17.6. The van der Waals surface area contributed by atoms with Crippen LogP contribution in [0.2, 0.25) is 0 Å². The summed E-state index contributed by atoms with van der Waals surface area (Å²) in [4.78, 5) is 21.6. The number of aromatic nitrogens is 4. The van der Waals surface area contributed by atoms with E-state index in [4.69, 9.17) is 0 Å². The molecular formula is C20H16N4OS2. The summed E-state index contributed by atoms with van der Waals surface area (Å²) < 4.78 is 2.19. The number of aryl methyl sites for hydroxylation is 1. The minimum atomic E-state index is -0.177. The standard InChI is InChI=1S/C20H16N4OS2/c1-14-4-6-16(7-5-14)13-26-20-23-24-18(25)11-17(22-19(24)27-20)9-8-15-3-2-10-21-12-15/h2-12H,13H2,1H3/b9-8+. The van der Waals surface area contributed by atoms with Crippen LogP contribution < -0.4 is 5.56 Å². The summed E-state index contributed by atoms with van der Waals surface area (Å²) in [7, 11) is 0. The van der Waals surface area contributed by atoms with Gasteiger partial charge in [-0.15, -0.1) is 5.10 Å². The fraction of sp³-hybridized carbons (Fsp3) is 0.100. The first-order chi connectivity index (χ1) is 13.2. The van der Waals surface area contributed by atoms with E-state index in [1.165, 1.54) is 33.0 Å². The van der Waals surface area contributed by atoms with Gasteiger partial charge in [0.1, 0.15) is 0 Å². The fourth-order valence-electron chi connectivity index (χ4n) is 2.44. The lowest BCUT2D eigenvalue weighted by Crippen LogP contribution is -2.14. The number of nitrogens with zero attached hydrogens (tertiary/aromatic N) is 4. The Hall–Kier alpha value is -2.77. The van der Waals surface area contributed by atoms with Gasteiger partial charge in [0.05, 0.1) is 5.69 Å². The summed E-state index contributed by atoms with van der Waals surface area (Å²) in [6.45, 7) is 2.07. The highest BCUT2D eigenvalue weighted by molar-refractivity contribution is 8.00. The van der Waals surface area contributed by atoms with Crippen LogP contribution in [0.5, 0.6) is 0 Å². The molecule has 0 radical (unpaired) electrons. The molecule has 4 aromatic rings. The van der Waals surface area contributed by atoms with E-state index in [1.54, 1.807) is 24.2 Å². The fourth-order valence-corrected chi connectivity index (χ4v) is 4.34. The average molecular weight is 393 g/mol. The second-order valence-electron chi connectivity index (χ2n) is 5.98. The van der Waals surface area contributed by atoms with E-state index in [0.717, 1.165) is 15.7 Å². The van der Waals surface area contributed by atoms with Gasteiger partial charge in [-0.25, -0.2) is 4.98 Å². The van der Waals surface area contributed by atoms with Crippen molar-refractivity contribution in [2.24, 2.45) is 0 Å². The molecule has 0 aliphatic heterocycles. The molecule has 3 heterocycles. The molecule has 27 heavy (non-hydrogen) atoms. The van der Waals surface area contributed by atoms with Crippen molar-refractivity contribution in [3.8, 4) is 0 Å². The van der Waals surface area contributed by atoms with Gasteiger partial charge in [-0.2, -0.15) is 4.52 Å². The van der Waals surface area contributed by atoms with Crippen molar-refractivity contribution in [2.75, 3.05) is 0 Å². The molecule has 0 fully saturated rings. The predicted octanol–water partition coefficient (Wildman–Crippen LogP) is 4.32. The van der Waals surface area contributed by atoms with Gasteiger partial charge in [0.2, 0.25) is 4.96 Å². The molecule has 4 rings (SSSR count). The number of fused-ring (bicyclic) bond motifs is 1. The number of pyridine rings is 1. The van der Waals surface area contributed by atoms with Gasteiger partial charge in [-0.05, 0) is 30.2 Å². The second kappa shape index (κ2) is 7.85. The van der Waals surface area contributed by atoms with Gasteiger partial charge in [0.15, 0.2) is 4.34 Å². The summed E-state index contributed by atoms with van der Waals surface area (Å²) in [6.07, 6.45) is 7.19. The van der Waals surface area contributed by atoms with Gasteiger partial charge < -0.3 is 0 Å². The monoisotopic (exact) mass is 392 g/mol. The van der Waals surface area contributed by atoms with Crippen molar-refractivity contribution in [1.82, 2.24) is 19.6 Å². The quantitative estimate of drug-likeness (QED) is 0.474. The average Bonchev–Trinajstić information content (AvgIpc) is 3.10. The van der Waals surface area contributed by atoms with Gasteiger partial charge in [0.25, 0.3) is 5.56 Å². The number of thioether (sulfide) groups is 1. The number of hydrogen-bond acceptors (Lipinski definition) is 6. The third-order valence-electron chi connectivity index (χ3n) is 3.86. The highest BCUT2D eigenvalue weighted by Gasteiger charge is 2.09. The molecule has 134 valence electrons. The molecule has 0 saturated carbocycles. The number of benzene rings is 1. The van der Waals surface area contributed by atoms with E-state index in [-0.39, 0.29) is 5.56 Å². The Bertz CT molecular complexity index is 1150. The Morgan fingerprint density at radius 1 is 1.19 bits per heavy atom. The van der Waals surface area contributed by atoms with E-state index < -0.39 is 0 Å².